The van der Waals surface area contributed by atoms with Crippen LogP contribution < -0.4 is 5.32 Å². The standard InChI is InChI=1S/C20H33N/c1-4-16-7-9-18(10-8-16)15-20(21-6-3)19-13-11-17(5-2)12-14-19/h7-10,17,19-21H,4-6,11-15H2,1-3H3. The molecule has 2 rings (SSSR count). The SMILES string of the molecule is CCNC(Cc1ccc(CC)cc1)C1CCC(CC)CC1. The number of nitrogens with one attached hydrogen (secondary N) is 1. The van der Waals surface area contributed by atoms with Crippen molar-refractivity contribution in [3.8, 4) is 0 Å². The summed E-state index contributed by atoms with van der Waals surface area (Å²) in [7, 11) is 0. The third-order valence-electron chi connectivity index (χ3n) is 5.39. The summed E-state index contributed by atoms with van der Waals surface area (Å²) in [5.74, 6) is 1.87. The van der Waals surface area contributed by atoms with Crippen molar-refractivity contribution in [2.24, 2.45) is 11.8 Å². The molecule has 0 radical (unpaired) electrons. The predicted octanol–water partition coefficient (Wildman–Crippen LogP) is 4.99. The maximum absolute atomic E-state index is 3.76. The molecule has 0 heterocycles. The van der Waals surface area contributed by atoms with E-state index in [-0.39, 0.29) is 0 Å². The second-order valence-corrected chi connectivity index (χ2v) is 6.73. The Hall–Kier alpha value is -0.820. The van der Waals surface area contributed by atoms with E-state index in [9.17, 15) is 0 Å². The molecule has 0 amide bonds. The molecule has 1 saturated carbocycles. The zero-order valence-electron chi connectivity index (χ0n) is 14.2. The number of benzene rings is 1. The fraction of sp³-hybridized carbons (Fsp3) is 0.700. The van der Waals surface area contributed by atoms with Crippen LogP contribution >= 0.6 is 0 Å². The van der Waals surface area contributed by atoms with E-state index in [0.717, 1.165) is 24.8 Å². The van der Waals surface area contributed by atoms with Gasteiger partial charge in [0, 0.05) is 6.04 Å². The van der Waals surface area contributed by atoms with Crippen molar-refractivity contribution in [3.63, 3.8) is 0 Å². The fourth-order valence-corrected chi connectivity index (χ4v) is 3.83. The van der Waals surface area contributed by atoms with Crippen LogP contribution in [-0.4, -0.2) is 12.6 Å². The molecule has 1 nitrogen and oxygen atoms in total. The Morgan fingerprint density at radius 2 is 1.57 bits per heavy atom. The van der Waals surface area contributed by atoms with Crippen LogP contribution in [0.4, 0.5) is 0 Å². The monoisotopic (exact) mass is 287 g/mol. The smallest absolute Gasteiger partial charge is 0.0136 e. The summed E-state index contributed by atoms with van der Waals surface area (Å²) < 4.78 is 0. The quantitative estimate of drug-likeness (QED) is 0.745. The highest BCUT2D eigenvalue weighted by atomic mass is 14.9. The van der Waals surface area contributed by atoms with Crippen LogP contribution in [0.15, 0.2) is 24.3 Å². The van der Waals surface area contributed by atoms with Crippen molar-refractivity contribution in [2.45, 2.75) is 71.8 Å². The minimum Gasteiger partial charge on any atom is -0.314 e. The maximum atomic E-state index is 3.76. The summed E-state index contributed by atoms with van der Waals surface area (Å²) >= 11 is 0. The van der Waals surface area contributed by atoms with E-state index < -0.39 is 0 Å². The van der Waals surface area contributed by atoms with Gasteiger partial charge >= 0.3 is 0 Å². The molecule has 0 spiro atoms. The third kappa shape index (κ3) is 4.85. The molecule has 1 aromatic rings. The first-order chi connectivity index (χ1) is 10.3. The van der Waals surface area contributed by atoms with Gasteiger partial charge in [0.15, 0.2) is 0 Å². The molecule has 1 aliphatic rings. The molecule has 1 fully saturated rings. The molecule has 1 aromatic carbocycles. The second-order valence-electron chi connectivity index (χ2n) is 6.73. The Labute approximate surface area is 131 Å². The van der Waals surface area contributed by atoms with Crippen molar-refractivity contribution in [1.82, 2.24) is 5.32 Å². The Kier molecular flexibility index (Phi) is 6.76. The van der Waals surface area contributed by atoms with Gasteiger partial charge < -0.3 is 5.32 Å². The highest BCUT2D eigenvalue weighted by Crippen LogP contribution is 2.33. The fourth-order valence-electron chi connectivity index (χ4n) is 3.83. The molecule has 0 aliphatic heterocycles. The number of likely N-dealkylation sites (N-methyl/N-ethyl adjacent to an activating group) is 1. The van der Waals surface area contributed by atoms with Crippen LogP contribution in [0.5, 0.6) is 0 Å². The lowest BCUT2D eigenvalue weighted by Crippen LogP contribution is -2.39. The molecular formula is C20H33N. The Morgan fingerprint density at radius 1 is 0.952 bits per heavy atom. The average molecular weight is 287 g/mol. The summed E-state index contributed by atoms with van der Waals surface area (Å²) in [5.41, 5.74) is 2.94. The van der Waals surface area contributed by atoms with Gasteiger partial charge in [0.1, 0.15) is 0 Å². The minimum absolute atomic E-state index is 0.667. The Bertz CT molecular complexity index is 387. The van der Waals surface area contributed by atoms with E-state index in [1.807, 2.05) is 0 Å². The van der Waals surface area contributed by atoms with Gasteiger partial charge in [-0.1, -0.05) is 64.3 Å². The van der Waals surface area contributed by atoms with E-state index in [0.29, 0.717) is 6.04 Å². The van der Waals surface area contributed by atoms with Crippen LogP contribution in [-0.2, 0) is 12.8 Å². The van der Waals surface area contributed by atoms with Crippen LogP contribution in [0.1, 0.15) is 64.0 Å². The first-order valence-corrected chi connectivity index (χ1v) is 9.07. The largest absolute Gasteiger partial charge is 0.314 e. The van der Waals surface area contributed by atoms with Crippen LogP contribution in [0, 0.1) is 11.8 Å². The minimum atomic E-state index is 0.667. The molecule has 1 aliphatic carbocycles. The molecular weight excluding hydrogens is 254 g/mol. The van der Waals surface area contributed by atoms with Crippen molar-refractivity contribution >= 4 is 0 Å². The van der Waals surface area contributed by atoms with Crippen molar-refractivity contribution in [1.29, 1.82) is 0 Å². The van der Waals surface area contributed by atoms with Gasteiger partial charge in [-0.05, 0) is 55.2 Å². The molecule has 1 unspecified atom stereocenters. The lowest BCUT2D eigenvalue weighted by molar-refractivity contribution is 0.218. The zero-order valence-corrected chi connectivity index (χ0v) is 14.2. The number of hydrogen-bond donors (Lipinski definition) is 1. The maximum Gasteiger partial charge on any atom is 0.0136 e. The summed E-state index contributed by atoms with van der Waals surface area (Å²) in [5, 5.41) is 3.76. The molecule has 0 saturated heterocycles. The molecule has 21 heavy (non-hydrogen) atoms. The van der Waals surface area contributed by atoms with Gasteiger partial charge in [-0.15, -0.1) is 0 Å². The number of aryl methyl sites for hydroxylation is 1. The summed E-state index contributed by atoms with van der Waals surface area (Å²) in [6.07, 6.45) is 9.43. The van der Waals surface area contributed by atoms with Gasteiger partial charge in [-0.2, -0.15) is 0 Å². The van der Waals surface area contributed by atoms with Gasteiger partial charge in [-0.25, -0.2) is 0 Å². The van der Waals surface area contributed by atoms with Gasteiger partial charge in [0.25, 0.3) is 0 Å². The highest BCUT2D eigenvalue weighted by molar-refractivity contribution is 5.23. The Balaban J connectivity index is 1.94. The Morgan fingerprint density at radius 3 is 2.10 bits per heavy atom. The second kappa shape index (κ2) is 8.58. The van der Waals surface area contributed by atoms with E-state index in [1.54, 1.807) is 0 Å². The number of rotatable bonds is 7. The summed E-state index contributed by atoms with van der Waals surface area (Å²) in [4.78, 5) is 0. The molecule has 1 atom stereocenters. The number of hydrogen-bond acceptors (Lipinski definition) is 1. The third-order valence-corrected chi connectivity index (χ3v) is 5.39. The molecule has 118 valence electrons. The van der Waals surface area contributed by atoms with Gasteiger partial charge in [0.2, 0.25) is 0 Å². The predicted molar refractivity (Wildman–Crippen MR) is 92.7 cm³/mol. The van der Waals surface area contributed by atoms with Crippen molar-refractivity contribution < 1.29 is 0 Å². The lowest BCUT2D eigenvalue weighted by atomic mass is 9.76. The van der Waals surface area contributed by atoms with Crippen molar-refractivity contribution in [2.75, 3.05) is 6.54 Å². The average Bonchev–Trinajstić information content (AvgIpc) is 2.55. The molecule has 0 aromatic heterocycles. The lowest BCUT2D eigenvalue weighted by Gasteiger charge is -2.34. The first kappa shape index (κ1) is 16.5. The van der Waals surface area contributed by atoms with E-state index in [4.69, 9.17) is 0 Å². The molecule has 1 heteroatoms. The summed E-state index contributed by atoms with van der Waals surface area (Å²) in [6.45, 7) is 7.90. The van der Waals surface area contributed by atoms with Gasteiger partial charge in [-0.3, -0.25) is 0 Å². The van der Waals surface area contributed by atoms with E-state index in [1.165, 1.54) is 49.7 Å². The molecule has 0 bridgehead atoms. The van der Waals surface area contributed by atoms with Crippen molar-refractivity contribution in [3.05, 3.63) is 35.4 Å². The molecule has 1 N–H and O–H groups in total. The highest BCUT2D eigenvalue weighted by Gasteiger charge is 2.26. The van der Waals surface area contributed by atoms with Crippen LogP contribution in [0.25, 0.3) is 0 Å². The van der Waals surface area contributed by atoms with E-state index in [2.05, 4.69) is 50.4 Å². The topological polar surface area (TPSA) is 12.0 Å². The van der Waals surface area contributed by atoms with Gasteiger partial charge in [0.05, 0.1) is 0 Å². The first-order valence-electron chi connectivity index (χ1n) is 9.07. The summed E-state index contributed by atoms with van der Waals surface area (Å²) in [6, 6.07) is 9.93. The van der Waals surface area contributed by atoms with Crippen LogP contribution in [0.2, 0.25) is 0 Å². The van der Waals surface area contributed by atoms with Crippen LogP contribution in [0.3, 0.4) is 0 Å². The normalized spacial score (nSPS) is 24.0. The zero-order chi connectivity index (χ0) is 15.1. The van der Waals surface area contributed by atoms with E-state index >= 15 is 0 Å².